The molecule has 0 unspecified atom stereocenters. The van der Waals surface area contributed by atoms with Crippen LogP contribution in [0.1, 0.15) is 5.01 Å². The van der Waals surface area contributed by atoms with E-state index < -0.39 is 4.92 Å². The van der Waals surface area contributed by atoms with Crippen LogP contribution in [0.3, 0.4) is 0 Å². The molecule has 0 amide bonds. The highest BCUT2D eigenvalue weighted by atomic mass is 32.1. The fourth-order valence-corrected chi connectivity index (χ4v) is 1.74. The third-order valence-corrected chi connectivity index (χ3v) is 2.83. The van der Waals surface area contributed by atoms with E-state index in [1.54, 1.807) is 0 Å². The zero-order chi connectivity index (χ0) is 13.0. The fraction of sp³-hybridized carbons (Fsp3) is 0.111. The Morgan fingerprint density at radius 2 is 2.11 bits per heavy atom. The predicted octanol–water partition coefficient (Wildman–Crippen LogP) is 1.31. The Kier molecular flexibility index (Phi) is 3.65. The second kappa shape index (κ2) is 5.38. The van der Waals surface area contributed by atoms with Crippen molar-refractivity contribution in [3.05, 3.63) is 39.4 Å². The van der Waals surface area contributed by atoms with Crippen LogP contribution in [0.2, 0.25) is 0 Å². The molecule has 3 N–H and O–H groups in total. The lowest BCUT2D eigenvalue weighted by Gasteiger charge is -2.02. The standard InChI is InChI=1S/C9H9N5O3S/c10-11-9-13-12-8(18-9)5-17-7-3-1-6(2-4-7)14(15)16/h1-4H,5,10H2,(H,11,13). The molecule has 1 heterocycles. The molecule has 18 heavy (non-hydrogen) atoms. The molecule has 0 radical (unpaired) electrons. The molecule has 8 nitrogen and oxygen atoms in total. The summed E-state index contributed by atoms with van der Waals surface area (Å²) in [6, 6.07) is 5.81. The summed E-state index contributed by atoms with van der Waals surface area (Å²) in [5.74, 6) is 5.69. The van der Waals surface area contributed by atoms with Crippen molar-refractivity contribution in [2.75, 3.05) is 5.43 Å². The first-order chi connectivity index (χ1) is 8.69. The predicted molar refractivity (Wildman–Crippen MR) is 65.1 cm³/mol. The Bertz CT molecular complexity index is 541. The van der Waals surface area contributed by atoms with Gasteiger partial charge in [0.25, 0.3) is 5.69 Å². The molecule has 0 aliphatic carbocycles. The van der Waals surface area contributed by atoms with Gasteiger partial charge in [-0.05, 0) is 12.1 Å². The minimum Gasteiger partial charge on any atom is -0.486 e. The first-order valence-electron chi connectivity index (χ1n) is 4.85. The third-order valence-electron chi connectivity index (χ3n) is 2.00. The van der Waals surface area contributed by atoms with Crippen molar-refractivity contribution in [3.8, 4) is 5.75 Å². The number of ether oxygens (including phenoxy) is 1. The van der Waals surface area contributed by atoms with Gasteiger partial charge in [-0.1, -0.05) is 11.3 Å². The van der Waals surface area contributed by atoms with Gasteiger partial charge in [0.2, 0.25) is 5.13 Å². The molecule has 0 saturated carbocycles. The number of hydrazine groups is 1. The first-order valence-corrected chi connectivity index (χ1v) is 5.67. The van der Waals surface area contributed by atoms with Crippen LogP contribution in [-0.4, -0.2) is 15.1 Å². The van der Waals surface area contributed by atoms with Gasteiger partial charge in [0, 0.05) is 12.1 Å². The molecule has 0 bridgehead atoms. The number of hydrogen-bond donors (Lipinski definition) is 2. The summed E-state index contributed by atoms with van der Waals surface area (Å²) in [4.78, 5) is 9.99. The van der Waals surface area contributed by atoms with Crippen LogP contribution in [0.25, 0.3) is 0 Å². The van der Waals surface area contributed by atoms with Crippen molar-refractivity contribution in [2.24, 2.45) is 5.84 Å². The number of rotatable bonds is 5. The van der Waals surface area contributed by atoms with Crippen molar-refractivity contribution in [1.82, 2.24) is 10.2 Å². The summed E-state index contributed by atoms with van der Waals surface area (Å²) in [5, 5.41) is 19.2. The number of non-ortho nitro benzene ring substituents is 1. The van der Waals surface area contributed by atoms with Crippen LogP contribution >= 0.6 is 11.3 Å². The maximum Gasteiger partial charge on any atom is 0.269 e. The average Bonchev–Trinajstić information content (AvgIpc) is 2.85. The number of nitro benzene ring substituents is 1. The highest BCUT2D eigenvalue weighted by Gasteiger charge is 2.06. The maximum absolute atomic E-state index is 10.5. The molecule has 0 atom stereocenters. The van der Waals surface area contributed by atoms with E-state index in [2.05, 4.69) is 15.6 Å². The van der Waals surface area contributed by atoms with E-state index in [4.69, 9.17) is 10.6 Å². The molecule has 9 heteroatoms. The van der Waals surface area contributed by atoms with Crippen LogP contribution in [0, 0.1) is 10.1 Å². The quantitative estimate of drug-likeness (QED) is 0.476. The van der Waals surface area contributed by atoms with Gasteiger partial charge < -0.3 is 4.74 Å². The Morgan fingerprint density at radius 1 is 1.39 bits per heavy atom. The lowest BCUT2D eigenvalue weighted by molar-refractivity contribution is -0.384. The number of hydrogen-bond acceptors (Lipinski definition) is 8. The molecule has 2 aromatic rings. The van der Waals surface area contributed by atoms with Crippen LogP contribution in [0.4, 0.5) is 10.8 Å². The lowest BCUT2D eigenvalue weighted by atomic mass is 10.3. The highest BCUT2D eigenvalue weighted by molar-refractivity contribution is 7.15. The van der Waals surface area contributed by atoms with Crippen molar-refractivity contribution in [1.29, 1.82) is 0 Å². The number of nitrogens with zero attached hydrogens (tertiary/aromatic N) is 3. The van der Waals surface area contributed by atoms with Crippen molar-refractivity contribution in [2.45, 2.75) is 6.61 Å². The monoisotopic (exact) mass is 267 g/mol. The molecule has 1 aromatic heterocycles. The molecule has 94 valence electrons. The first kappa shape index (κ1) is 12.2. The second-order valence-electron chi connectivity index (χ2n) is 3.18. The summed E-state index contributed by atoms with van der Waals surface area (Å²) in [6.07, 6.45) is 0. The van der Waals surface area contributed by atoms with E-state index >= 15 is 0 Å². The van der Waals surface area contributed by atoms with E-state index in [1.807, 2.05) is 0 Å². The molecular formula is C9H9N5O3S. The van der Waals surface area contributed by atoms with Gasteiger partial charge in [0.05, 0.1) is 4.92 Å². The molecule has 0 aliphatic rings. The van der Waals surface area contributed by atoms with E-state index in [0.29, 0.717) is 15.9 Å². The summed E-state index contributed by atoms with van der Waals surface area (Å²) in [5.41, 5.74) is 2.40. The number of aromatic nitrogens is 2. The molecule has 0 spiro atoms. The molecule has 0 fully saturated rings. The topological polar surface area (TPSA) is 116 Å². The Balaban J connectivity index is 1.95. The van der Waals surface area contributed by atoms with E-state index in [9.17, 15) is 10.1 Å². The van der Waals surface area contributed by atoms with Gasteiger partial charge in [0.1, 0.15) is 12.4 Å². The molecule has 1 aromatic carbocycles. The Morgan fingerprint density at radius 3 is 2.67 bits per heavy atom. The third kappa shape index (κ3) is 2.90. The van der Waals surface area contributed by atoms with Crippen molar-refractivity contribution >= 4 is 22.2 Å². The zero-order valence-electron chi connectivity index (χ0n) is 9.07. The highest BCUT2D eigenvalue weighted by Crippen LogP contribution is 2.20. The van der Waals surface area contributed by atoms with E-state index in [-0.39, 0.29) is 12.3 Å². The Hall–Kier alpha value is -2.26. The smallest absolute Gasteiger partial charge is 0.269 e. The van der Waals surface area contributed by atoms with Gasteiger partial charge in [-0.25, -0.2) is 5.84 Å². The average molecular weight is 267 g/mol. The minimum absolute atomic E-state index is 0.0212. The number of nitrogen functional groups attached to an aromatic ring is 1. The van der Waals surface area contributed by atoms with Crippen LogP contribution in [0.15, 0.2) is 24.3 Å². The molecule has 2 rings (SSSR count). The van der Waals surface area contributed by atoms with Gasteiger partial charge in [0.15, 0.2) is 5.01 Å². The van der Waals surface area contributed by atoms with Crippen LogP contribution in [-0.2, 0) is 6.61 Å². The normalized spacial score (nSPS) is 10.1. The minimum atomic E-state index is -0.465. The Labute approximate surface area is 106 Å². The number of anilines is 1. The largest absolute Gasteiger partial charge is 0.486 e. The van der Waals surface area contributed by atoms with Gasteiger partial charge in [-0.3, -0.25) is 15.5 Å². The number of nitrogens with one attached hydrogen (secondary N) is 1. The zero-order valence-corrected chi connectivity index (χ0v) is 9.88. The van der Waals surface area contributed by atoms with Crippen molar-refractivity contribution < 1.29 is 9.66 Å². The fourth-order valence-electron chi connectivity index (χ4n) is 1.18. The molecular weight excluding hydrogens is 258 g/mol. The molecule has 0 aliphatic heterocycles. The number of nitrogens with two attached hydrogens (primary N) is 1. The van der Waals surface area contributed by atoms with Crippen LogP contribution < -0.4 is 16.0 Å². The number of nitro groups is 1. The summed E-state index contributed by atoms with van der Waals surface area (Å²) in [7, 11) is 0. The SMILES string of the molecule is NNc1nnc(COc2ccc([N+](=O)[O-])cc2)s1. The van der Waals surface area contributed by atoms with Gasteiger partial charge >= 0.3 is 0 Å². The lowest BCUT2D eigenvalue weighted by Crippen LogP contribution is -2.05. The van der Waals surface area contributed by atoms with Gasteiger partial charge in [-0.15, -0.1) is 10.2 Å². The number of benzene rings is 1. The maximum atomic E-state index is 10.5. The molecule has 0 saturated heterocycles. The van der Waals surface area contributed by atoms with Crippen molar-refractivity contribution in [3.63, 3.8) is 0 Å². The van der Waals surface area contributed by atoms with Crippen LogP contribution in [0.5, 0.6) is 5.75 Å². The van der Waals surface area contributed by atoms with Gasteiger partial charge in [-0.2, -0.15) is 0 Å². The summed E-state index contributed by atoms with van der Waals surface area (Å²) < 4.78 is 5.40. The van der Waals surface area contributed by atoms with E-state index in [1.165, 1.54) is 35.6 Å². The summed E-state index contributed by atoms with van der Waals surface area (Å²) >= 11 is 1.27. The summed E-state index contributed by atoms with van der Waals surface area (Å²) in [6.45, 7) is 0.233. The second-order valence-corrected chi connectivity index (χ2v) is 4.25. The van der Waals surface area contributed by atoms with E-state index in [0.717, 1.165) is 0 Å².